The molecule has 4 aromatic rings. The highest BCUT2D eigenvalue weighted by Crippen LogP contribution is 2.38. The summed E-state index contributed by atoms with van der Waals surface area (Å²) in [6.07, 6.45) is 5.86. The Kier molecular flexibility index (Phi) is 5.22. The Bertz CT molecular complexity index is 1440. The van der Waals surface area contributed by atoms with Gasteiger partial charge in [0.25, 0.3) is 5.91 Å². The summed E-state index contributed by atoms with van der Waals surface area (Å²) in [7, 11) is 1.63. The fraction of sp³-hybridized carbons (Fsp3) is 0.286. The zero-order chi connectivity index (χ0) is 24.0. The van der Waals surface area contributed by atoms with Gasteiger partial charge in [-0.05, 0) is 66.8 Å². The van der Waals surface area contributed by atoms with Gasteiger partial charge >= 0.3 is 0 Å². The number of nitrogens with two attached hydrogens (primary N) is 1. The van der Waals surface area contributed by atoms with E-state index < -0.39 is 0 Å². The number of nitrogens with zero attached hydrogens (tertiary/aromatic N) is 1. The third kappa shape index (κ3) is 4.47. The minimum atomic E-state index is -0.217. The highest BCUT2D eigenvalue weighted by Gasteiger charge is 2.39. The van der Waals surface area contributed by atoms with Gasteiger partial charge in [-0.25, -0.2) is 0 Å². The molecule has 7 nitrogen and oxygen atoms in total. The Hall–Kier alpha value is -3.84. The lowest BCUT2D eigenvalue weighted by Gasteiger charge is -2.16. The van der Waals surface area contributed by atoms with Crippen molar-refractivity contribution < 1.29 is 14.3 Å². The predicted octanol–water partition coefficient (Wildman–Crippen LogP) is 4.90. The van der Waals surface area contributed by atoms with Crippen LogP contribution < -0.4 is 25.8 Å². The van der Waals surface area contributed by atoms with Gasteiger partial charge < -0.3 is 25.8 Å². The third-order valence-electron chi connectivity index (χ3n) is 6.75. The number of rotatable bonds is 8. The summed E-state index contributed by atoms with van der Waals surface area (Å²) in [6.45, 7) is 0.463. The number of carbonyl (C=O) groups excluding carboxylic acids is 1. The van der Waals surface area contributed by atoms with E-state index in [1.807, 2.05) is 48.5 Å². The van der Waals surface area contributed by atoms with E-state index in [9.17, 15) is 4.79 Å². The van der Waals surface area contributed by atoms with Gasteiger partial charge in [0.15, 0.2) is 11.5 Å². The minimum absolute atomic E-state index is 0.00806. The van der Waals surface area contributed by atoms with Crippen molar-refractivity contribution in [2.75, 3.05) is 19.0 Å². The molecule has 7 heteroatoms. The number of hydrogen-bond donors (Lipinski definition) is 3. The first-order valence-corrected chi connectivity index (χ1v) is 12.0. The van der Waals surface area contributed by atoms with E-state index in [1.54, 1.807) is 13.3 Å². The van der Waals surface area contributed by atoms with E-state index in [2.05, 4.69) is 21.7 Å². The molecule has 1 heterocycles. The van der Waals surface area contributed by atoms with Gasteiger partial charge in [-0.2, -0.15) is 0 Å². The highest BCUT2D eigenvalue weighted by atomic mass is 16.5. The van der Waals surface area contributed by atoms with Gasteiger partial charge in [0.2, 0.25) is 0 Å². The molecule has 2 aliphatic carbocycles. The maximum absolute atomic E-state index is 12.7. The second-order valence-corrected chi connectivity index (χ2v) is 9.64. The van der Waals surface area contributed by atoms with E-state index in [0.29, 0.717) is 29.7 Å². The third-order valence-corrected chi connectivity index (χ3v) is 6.75. The number of aromatic nitrogens is 1. The topological polar surface area (TPSA) is 98.5 Å². The molecule has 35 heavy (non-hydrogen) atoms. The van der Waals surface area contributed by atoms with Crippen molar-refractivity contribution in [3.05, 3.63) is 66.4 Å². The predicted molar refractivity (Wildman–Crippen MR) is 138 cm³/mol. The number of hydrogen-bond acceptors (Lipinski definition) is 6. The van der Waals surface area contributed by atoms with Crippen LogP contribution in [0, 0.1) is 0 Å². The Labute approximate surface area is 203 Å². The maximum atomic E-state index is 12.7. The normalized spacial score (nSPS) is 16.2. The number of carbonyl (C=O) groups is 1. The maximum Gasteiger partial charge on any atom is 0.252 e. The first kappa shape index (κ1) is 21.7. The van der Waals surface area contributed by atoms with Gasteiger partial charge in [-0.3, -0.25) is 9.78 Å². The van der Waals surface area contributed by atoms with Crippen LogP contribution in [-0.4, -0.2) is 36.2 Å². The SMILES string of the molecule is COc1cc2c(Nc3ccc4c(C(=O)NC5CC5)cccc4c3)ccnc2cc1OCC1(N)CC1. The fourth-order valence-electron chi connectivity index (χ4n) is 4.27. The number of anilines is 2. The van der Waals surface area contributed by atoms with Crippen LogP contribution in [0.1, 0.15) is 36.0 Å². The number of pyridine rings is 1. The van der Waals surface area contributed by atoms with Crippen molar-refractivity contribution in [3.63, 3.8) is 0 Å². The lowest BCUT2D eigenvalue weighted by Crippen LogP contribution is -2.29. The van der Waals surface area contributed by atoms with Crippen molar-refractivity contribution in [1.82, 2.24) is 10.3 Å². The summed E-state index contributed by atoms with van der Waals surface area (Å²) in [5, 5.41) is 9.45. The molecule has 6 rings (SSSR count). The number of ether oxygens (including phenoxy) is 2. The van der Waals surface area contributed by atoms with Crippen molar-refractivity contribution >= 4 is 39.0 Å². The Balaban J connectivity index is 1.30. The van der Waals surface area contributed by atoms with Gasteiger partial charge in [0.05, 0.1) is 18.2 Å². The monoisotopic (exact) mass is 468 g/mol. The van der Waals surface area contributed by atoms with E-state index in [0.717, 1.165) is 58.7 Å². The van der Waals surface area contributed by atoms with Crippen molar-refractivity contribution in [3.8, 4) is 11.5 Å². The quantitative estimate of drug-likeness (QED) is 0.340. The Morgan fingerprint density at radius 3 is 2.71 bits per heavy atom. The molecule has 0 unspecified atom stereocenters. The summed E-state index contributed by atoms with van der Waals surface area (Å²) in [5.74, 6) is 1.28. The highest BCUT2D eigenvalue weighted by molar-refractivity contribution is 6.08. The van der Waals surface area contributed by atoms with Crippen LogP contribution in [0.15, 0.2) is 60.8 Å². The van der Waals surface area contributed by atoms with E-state index in [4.69, 9.17) is 15.2 Å². The van der Waals surface area contributed by atoms with Crippen LogP contribution in [0.3, 0.4) is 0 Å². The molecule has 1 aromatic heterocycles. The molecule has 0 aliphatic heterocycles. The number of fused-ring (bicyclic) bond motifs is 2. The Morgan fingerprint density at radius 2 is 1.94 bits per heavy atom. The van der Waals surface area contributed by atoms with Crippen molar-refractivity contribution in [2.24, 2.45) is 5.73 Å². The summed E-state index contributed by atoms with van der Waals surface area (Å²) in [6, 6.07) is 18.0. The van der Waals surface area contributed by atoms with Crippen LogP contribution in [0.25, 0.3) is 21.7 Å². The van der Waals surface area contributed by atoms with Gasteiger partial charge in [-0.15, -0.1) is 0 Å². The zero-order valence-corrected chi connectivity index (χ0v) is 19.6. The van der Waals surface area contributed by atoms with Gasteiger partial charge in [-0.1, -0.05) is 18.2 Å². The van der Waals surface area contributed by atoms with Crippen LogP contribution in [-0.2, 0) is 0 Å². The summed E-state index contributed by atoms with van der Waals surface area (Å²) >= 11 is 0. The van der Waals surface area contributed by atoms with Crippen LogP contribution in [0.5, 0.6) is 11.5 Å². The molecule has 2 saturated carbocycles. The summed E-state index contributed by atoms with van der Waals surface area (Å²) < 4.78 is 11.6. The van der Waals surface area contributed by atoms with E-state index in [-0.39, 0.29) is 11.4 Å². The average molecular weight is 469 g/mol. The van der Waals surface area contributed by atoms with Gasteiger partial charge in [0, 0.05) is 40.6 Å². The molecule has 0 atom stereocenters. The molecule has 0 bridgehead atoms. The second kappa shape index (κ2) is 8.43. The largest absolute Gasteiger partial charge is 0.493 e. The summed E-state index contributed by atoms with van der Waals surface area (Å²) in [5.41, 5.74) is 9.29. The summed E-state index contributed by atoms with van der Waals surface area (Å²) in [4.78, 5) is 17.2. The lowest BCUT2D eigenvalue weighted by atomic mass is 10.0. The van der Waals surface area contributed by atoms with Crippen LogP contribution in [0.2, 0.25) is 0 Å². The average Bonchev–Trinajstić information content (AvgIpc) is 3.81. The molecule has 4 N–H and O–H groups in total. The standard InChI is InChI=1S/C28H28N4O3/c1-34-25-14-22-23(9-12-30-24(22)15-26(25)35-16-28(29)10-11-28)31-19-7-8-20-17(13-19)3-2-4-21(20)27(33)32-18-5-6-18/h2-4,7-9,12-15,18H,5-6,10-11,16,29H2,1H3,(H,30,31)(H,32,33). The van der Waals surface area contributed by atoms with Crippen LogP contribution >= 0.6 is 0 Å². The molecule has 0 radical (unpaired) electrons. The number of methoxy groups -OCH3 is 1. The van der Waals surface area contributed by atoms with Crippen LogP contribution in [0.4, 0.5) is 11.4 Å². The van der Waals surface area contributed by atoms with Crippen molar-refractivity contribution in [2.45, 2.75) is 37.3 Å². The molecule has 0 saturated heterocycles. The molecule has 0 spiro atoms. The number of benzene rings is 3. The first-order chi connectivity index (χ1) is 17.0. The Morgan fingerprint density at radius 1 is 1.09 bits per heavy atom. The smallest absolute Gasteiger partial charge is 0.252 e. The van der Waals surface area contributed by atoms with E-state index in [1.165, 1.54) is 0 Å². The molecule has 178 valence electrons. The molecule has 3 aromatic carbocycles. The molecule has 1 amide bonds. The molecule has 2 aliphatic rings. The second-order valence-electron chi connectivity index (χ2n) is 9.64. The minimum Gasteiger partial charge on any atom is -0.493 e. The van der Waals surface area contributed by atoms with E-state index >= 15 is 0 Å². The number of amides is 1. The molecular weight excluding hydrogens is 440 g/mol. The lowest BCUT2D eigenvalue weighted by molar-refractivity contribution is 0.0952. The number of nitrogens with one attached hydrogen (secondary N) is 2. The van der Waals surface area contributed by atoms with Crippen molar-refractivity contribution in [1.29, 1.82) is 0 Å². The molecule has 2 fully saturated rings. The van der Waals surface area contributed by atoms with Gasteiger partial charge in [0.1, 0.15) is 6.61 Å². The molecular formula is C28H28N4O3. The first-order valence-electron chi connectivity index (χ1n) is 12.0. The fourth-order valence-corrected chi connectivity index (χ4v) is 4.27. The zero-order valence-electron chi connectivity index (χ0n) is 19.6.